The summed E-state index contributed by atoms with van der Waals surface area (Å²) < 4.78 is 10.6. The third kappa shape index (κ3) is 8.11. The first kappa shape index (κ1) is 21.6. The van der Waals surface area contributed by atoms with Crippen LogP contribution in [0.3, 0.4) is 0 Å². The first-order valence-corrected chi connectivity index (χ1v) is 7.59. The summed E-state index contributed by atoms with van der Waals surface area (Å²) in [6, 6.07) is 5.84. The minimum Gasteiger partial charge on any atom is -0.493 e. The lowest BCUT2D eigenvalue weighted by atomic mass is 10.2. The lowest BCUT2D eigenvalue weighted by Crippen LogP contribution is -2.37. The van der Waals surface area contributed by atoms with E-state index in [0.717, 1.165) is 42.5 Å². The Morgan fingerprint density at radius 2 is 1.91 bits per heavy atom. The van der Waals surface area contributed by atoms with Crippen molar-refractivity contribution in [1.82, 2.24) is 10.6 Å². The number of rotatable bonds is 8. The van der Waals surface area contributed by atoms with Gasteiger partial charge in [-0.3, -0.25) is 0 Å². The second-order valence-corrected chi connectivity index (χ2v) is 4.67. The average molecular weight is 433 g/mol. The van der Waals surface area contributed by atoms with Gasteiger partial charge in [0.25, 0.3) is 0 Å². The molecule has 1 aromatic rings. The predicted molar refractivity (Wildman–Crippen MR) is 107 cm³/mol. The van der Waals surface area contributed by atoms with Crippen molar-refractivity contribution in [2.75, 3.05) is 27.3 Å². The fourth-order valence-corrected chi connectivity index (χ4v) is 1.93. The number of halogens is 1. The van der Waals surface area contributed by atoms with Gasteiger partial charge in [0.05, 0.1) is 20.8 Å². The van der Waals surface area contributed by atoms with E-state index >= 15 is 0 Å². The molecular weight excluding hydrogens is 405 g/mol. The molecule has 0 spiro atoms. The van der Waals surface area contributed by atoms with Gasteiger partial charge in [0.2, 0.25) is 0 Å². The van der Waals surface area contributed by atoms with Crippen LogP contribution in [-0.4, -0.2) is 33.3 Å². The smallest absolute Gasteiger partial charge is 0.191 e. The largest absolute Gasteiger partial charge is 0.493 e. The third-order valence-electron chi connectivity index (χ3n) is 3.05. The number of allylic oxidation sites excluding steroid dienone is 1. The minimum atomic E-state index is 0. The number of nitrogens with one attached hydrogen (secondary N) is 2. The molecule has 23 heavy (non-hydrogen) atoms. The summed E-state index contributed by atoms with van der Waals surface area (Å²) in [7, 11) is 3.27. The van der Waals surface area contributed by atoms with Gasteiger partial charge in [0, 0.05) is 13.1 Å². The zero-order valence-corrected chi connectivity index (χ0v) is 16.7. The van der Waals surface area contributed by atoms with E-state index in [-0.39, 0.29) is 24.0 Å². The summed E-state index contributed by atoms with van der Waals surface area (Å²) in [5, 5.41) is 6.55. The van der Waals surface area contributed by atoms with Gasteiger partial charge in [-0.1, -0.05) is 18.2 Å². The average Bonchev–Trinajstić information content (AvgIpc) is 2.56. The Morgan fingerprint density at radius 1 is 1.17 bits per heavy atom. The van der Waals surface area contributed by atoms with Crippen molar-refractivity contribution in [3.63, 3.8) is 0 Å². The van der Waals surface area contributed by atoms with E-state index in [1.807, 2.05) is 25.1 Å². The third-order valence-corrected chi connectivity index (χ3v) is 3.05. The van der Waals surface area contributed by atoms with Crippen molar-refractivity contribution in [3.8, 4) is 11.5 Å². The highest BCUT2D eigenvalue weighted by atomic mass is 127. The van der Waals surface area contributed by atoms with Gasteiger partial charge in [-0.05, 0) is 38.0 Å². The molecule has 0 fully saturated rings. The van der Waals surface area contributed by atoms with Gasteiger partial charge < -0.3 is 20.1 Å². The van der Waals surface area contributed by atoms with Crippen molar-refractivity contribution < 1.29 is 9.47 Å². The van der Waals surface area contributed by atoms with Crippen molar-refractivity contribution in [1.29, 1.82) is 0 Å². The molecule has 0 aliphatic carbocycles. The van der Waals surface area contributed by atoms with Gasteiger partial charge in [-0.15, -0.1) is 24.0 Å². The molecule has 0 radical (unpaired) electrons. The van der Waals surface area contributed by atoms with Gasteiger partial charge in [-0.25, -0.2) is 4.99 Å². The van der Waals surface area contributed by atoms with Crippen molar-refractivity contribution in [3.05, 3.63) is 35.9 Å². The molecule has 0 amide bonds. The van der Waals surface area contributed by atoms with Crippen molar-refractivity contribution >= 4 is 29.9 Å². The van der Waals surface area contributed by atoms with Crippen LogP contribution in [0.4, 0.5) is 0 Å². The number of hydrogen-bond donors (Lipinski definition) is 2. The summed E-state index contributed by atoms with van der Waals surface area (Å²) in [4.78, 5) is 4.59. The number of hydrogen-bond acceptors (Lipinski definition) is 3. The number of aliphatic imine (C=N–C) groups is 1. The highest BCUT2D eigenvalue weighted by Gasteiger charge is 2.04. The van der Waals surface area contributed by atoms with E-state index in [0.29, 0.717) is 6.54 Å². The Hall–Kier alpha value is -1.44. The summed E-state index contributed by atoms with van der Waals surface area (Å²) in [6.45, 7) is 6.36. The van der Waals surface area contributed by atoms with E-state index in [1.165, 1.54) is 0 Å². The van der Waals surface area contributed by atoms with Crippen LogP contribution in [0.25, 0.3) is 0 Å². The monoisotopic (exact) mass is 433 g/mol. The number of guanidine groups is 1. The first-order valence-electron chi connectivity index (χ1n) is 7.59. The van der Waals surface area contributed by atoms with Gasteiger partial charge in [-0.2, -0.15) is 0 Å². The highest BCUT2D eigenvalue weighted by molar-refractivity contribution is 14.0. The topological polar surface area (TPSA) is 54.9 Å². The van der Waals surface area contributed by atoms with Crippen LogP contribution in [0.5, 0.6) is 11.5 Å². The van der Waals surface area contributed by atoms with E-state index < -0.39 is 0 Å². The van der Waals surface area contributed by atoms with Crippen molar-refractivity contribution in [2.45, 2.75) is 26.8 Å². The SMILES string of the molecule is CC=CCCNC(=NCc1ccc(OC)c(OC)c1)NCC.I. The molecular formula is C17H28IN3O2. The normalized spacial score (nSPS) is 11.0. The van der Waals surface area contributed by atoms with Gasteiger partial charge >= 0.3 is 0 Å². The summed E-state index contributed by atoms with van der Waals surface area (Å²) >= 11 is 0. The lowest BCUT2D eigenvalue weighted by Gasteiger charge is -2.11. The maximum Gasteiger partial charge on any atom is 0.191 e. The number of methoxy groups -OCH3 is 2. The van der Waals surface area contributed by atoms with Gasteiger partial charge in [0.1, 0.15) is 0 Å². The Balaban J connectivity index is 0.00000484. The lowest BCUT2D eigenvalue weighted by molar-refractivity contribution is 0.354. The molecule has 5 nitrogen and oxygen atoms in total. The molecule has 1 rings (SSSR count). The fraction of sp³-hybridized carbons (Fsp3) is 0.471. The summed E-state index contributed by atoms with van der Waals surface area (Å²) in [5.41, 5.74) is 1.07. The highest BCUT2D eigenvalue weighted by Crippen LogP contribution is 2.27. The van der Waals surface area contributed by atoms with Crippen LogP contribution < -0.4 is 20.1 Å². The molecule has 2 N–H and O–H groups in total. The first-order chi connectivity index (χ1) is 10.7. The van der Waals surface area contributed by atoms with Gasteiger partial charge in [0.15, 0.2) is 17.5 Å². The van der Waals surface area contributed by atoms with Crippen molar-refractivity contribution in [2.24, 2.45) is 4.99 Å². The quantitative estimate of drug-likeness (QED) is 0.217. The molecule has 0 unspecified atom stereocenters. The maximum absolute atomic E-state index is 5.31. The second kappa shape index (κ2) is 13.0. The zero-order valence-electron chi connectivity index (χ0n) is 14.4. The molecule has 0 aliphatic heterocycles. The molecule has 0 aromatic heterocycles. The van der Waals surface area contributed by atoms with E-state index in [9.17, 15) is 0 Å². The minimum absolute atomic E-state index is 0. The molecule has 0 bridgehead atoms. The molecule has 0 atom stereocenters. The van der Waals surface area contributed by atoms with E-state index in [1.54, 1.807) is 14.2 Å². The molecule has 0 heterocycles. The number of nitrogens with zero attached hydrogens (tertiary/aromatic N) is 1. The van der Waals surface area contributed by atoms with Crippen LogP contribution in [0.2, 0.25) is 0 Å². The van der Waals surface area contributed by atoms with E-state index in [4.69, 9.17) is 9.47 Å². The second-order valence-electron chi connectivity index (χ2n) is 4.67. The predicted octanol–water partition coefficient (Wildman–Crippen LogP) is 3.34. The summed E-state index contributed by atoms with van der Waals surface area (Å²) in [5.74, 6) is 2.27. The molecule has 0 saturated heterocycles. The Labute approximate surface area is 156 Å². The Morgan fingerprint density at radius 3 is 2.52 bits per heavy atom. The molecule has 6 heteroatoms. The van der Waals surface area contributed by atoms with Crippen LogP contribution in [0, 0.1) is 0 Å². The molecule has 130 valence electrons. The Kier molecular flexibility index (Phi) is 12.2. The fourth-order valence-electron chi connectivity index (χ4n) is 1.93. The molecule has 0 saturated carbocycles. The van der Waals surface area contributed by atoms with Crippen LogP contribution in [-0.2, 0) is 6.54 Å². The molecule has 0 aliphatic rings. The van der Waals surface area contributed by atoms with Crippen LogP contribution in [0.15, 0.2) is 35.3 Å². The van der Waals surface area contributed by atoms with E-state index in [2.05, 4.69) is 34.7 Å². The standard InChI is InChI=1S/C17H27N3O2.HI/c1-5-7-8-11-19-17(18-6-2)20-13-14-9-10-15(21-3)16(12-14)22-4;/h5,7,9-10,12H,6,8,11,13H2,1-4H3,(H2,18,19,20);1H. The van der Waals surface area contributed by atoms with Crippen LogP contribution >= 0.6 is 24.0 Å². The Bertz CT molecular complexity index is 505. The number of benzene rings is 1. The summed E-state index contributed by atoms with van der Waals surface area (Å²) in [6.07, 6.45) is 5.16. The maximum atomic E-state index is 5.31. The molecule has 1 aromatic carbocycles. The number of ether oxygens (including phenoxy) is 2. The zero-order chi connectivity index (χ0) is 16.2. The van der Waals surface area contributed by atoms with Crippen LogP contribution in [0.1, 0.15) is 25.8 Å².